The first kappa shape index (κ1) is 36.9. The zero-order valence-electron chi connectivity index (χ0n) is 35.4. The lowest BCUT2D eigenvalue weighted by Gasteiger charge is -2.35. The minimum atomic E-state index is -0.541. The first-order valence-electron chi connectivity index (χ1n) is 22.2. The van der Waals surface area contributed by atoms with Crippen molar-refractivity contribution in [3.63, 3.8) is 0 Å². The molecule has 3 heteroatoms. The molecule has 2 heterocycles. The average molecular weight is 826 g/mol. The van der Waals surface area contributed by atoms with Crippen molar-refractivity contribution in [2.45, 2.75) is 5.41 Å². The highest BCUT2D eigenvalue weighted by molar-refractivity contribution is 6.13. The number of nitriles is 1. The molecule has 0 saturated carbocycles. The highest BCUT2D eigenvalue weighted by atomic mass is 15.0. The molecule has 0 saturated heterocycles. The summed E-state index contributed by atoms with van der Waals surface area (Å²) in [6.45, 7) is 0. The van der Waals surface area contributed by atoms with Gasteiger partial charge in [-0.2, -0.15) is 5.26 Å². The second-order valence-corrected chi connectivity index (χ2v) is 17.1. The summed E-state index contributed by atoms with van der Waals surface area (Å²) in [6.07, 6.45) is 0. The van der Waals surface area contributed by atoms with Gasteiger partial charge in [0.1, 0.15) is 0 Å². The van der Waals surface area contributed by atoms with Crippen LogP contribution in [0, 0.1) is 11.3 Å². The van der Waals surface area contributed by atoms with Gasteiger partial charge in [0.2, 0.25) is 0 Å². The molecule has 1 aliphatic rings. The number of rotatable bonds is 6. The molecule has 3 nitrogen and oxygen atoms in total. The van der Waals surface area contributed by atoms with Gasteiger partial charge in [0.15, 0.2) is 0 Å². The summed E-state index contributed by atoms with van der Waals surface area (Å²) in [5, 5.41) is 14.4. The number of aromatic nitrogens is 2. The zero-order valence-corrected chi connectivity index (χ0v) is 35.4. The molecule has 0 aliphatic heterocycles. The molecule has 0 fully saturated rings. The molecule has 1 aliphatic carbocycles. The Labute approximate surface area is 377 Å². The highest BCUT2D eigenvalue weighted by Gasteiger charge is 2.48. The average Bonchev–Trinajstić information content (AvgIpc) is 4.01. The van der Waals surface area contributed by atoms with E-state index in [1.807, 2.05) is 18.2 Å². The molecule has 0 atom stereocenters. The maximum Gasteiger partial charge on any atom is 0.0991 e. The topological polar surface area (TPSA) is 33.6 Å². The van der Waals surface area contributed by atoms with E-state index in [4.69, 9.17) is 0 Å². The summed E-state index contributed by atoms with van der Waals surface area (Å²) in [4.78, 5) is 0. The Kier molecular flexibility index (Phi) is 8.19. The Morgan fingerprint density at radius 1 is 0.354 bits per heavy atom. The standard InChI is InChI=1S/C62H39N3/c63-40-41-16-13-17-42(36-41)43-18-14-23-48(37-43)64-56-29-11-8-25-50(56)53-38-44(32-34-58(53)64)45-33-35-59-54(39-45)51-26-9-12-30-57(51)65(59)60-31-15-27-52-49-24-7-10-28-55(49)62(61(52)60,46-19-3-1-4-20-46)47-21-5-2-6-22-47/h1-39H. The fourth-order valence-electron chi connectivity index (χ4n) is 11.1. The third-order valence-corrected chi connectivity index (χ3v) is 13.8. The highest BCUT2D eigenvalue weighted by Crippen LogP contribution is 2.58. The lowest BCUT2D eigenvalue weighted by Crippen LogP contribution is -2.29. The second-order valence-electron chi connectivity index (χ2n) is 17.1. The number of hydrogen-bond acceptors (Lipinski definition) is 1. The van der Waals surface area contributed by atoms with Gasteiger partial charge in [0.25, 0.3) is 0 Å². The minimum absolute atomic E-state index is 0.541. The molecule has 0 bridgehead atoms. The Morgan fingerprint density at radius 3 is 1.54 bits per heavy atom. The minimum Gasteiger partial charge on any atom is -0.309 e. The van der Waals surface area contributed by atoms with Crippen LogP contribution in [0.5, 0.6) is 0 Å². The van der Waals surface area contributed by atoms with Gasteiger partial charge < -0.3 is 9.13 Å². The third kappa shape index (κ3) is 5.41. The van der Waals surface area contributed by atoms with Gasteiger partial charge >= 0.3 is 0 Å². The number of fused-ring (bicyclic) bond motifs is 9. The van der Waals surface area contributed by atoms with Crippen molar-refractivity contribution in [2.75, 3.05) is 0 Å². The van der Waals surface area contributed by atoms with Crippen LogP contribution in [0.25, 0.3) is 88.4 Å². The number of nitrogens with zero attached hydrogens (tertiary/aromatic N) is 3. The molecule has 302 valence electrons. The van der Waals surface area contributed by atoms with Crippen LogP contribution in [0.3, 0.4) is 0 Å². The zero-order chi connectivity index (χ0) is 43.1. The van der Waals surface area contributed by atoms with Crippen molar-refractivity contribution < 1.29 is 0 Å². The molecule has 0 unspecified atom stereocenters. The third-order valence-electron chi connectivity index (χ3n) is 13.8. The van der Waals surface area contributed by atoms with E-state index < -0.39 is 5.41 Å². The van der Waals surface area contributed by atoms with Gasteiger partial charge in [-0.05, 0) is 117 Å². The van der Waals surface area contributed by atoms with E-state index in [1.54, 1.807) is 0 Å². The van der Waals surface area contributed by atoms with Crippen LogP contribution >= 0.6 is 0 Å². The van der Waals surface area contributed by atoms with Crippen molar-refractivity contribution in [2.24, 2.45) is 0 Å². The summed E-state index contributed by atoms with van der Waals surface area (Å²) in [6, 6.07) is 88.3. The van der Waals surface area contributed by atoms with E-state index in [9.17, 15) is 5.26 Å². The monoisotopic (exact) mass is 825 g/mol. The van der Waals surface area contributed by atoms with E-state index in [0.717, 1.165) is 27.8 Å². The predicted molar refractivity (Wildman–Crippen MR) is 268 cm³/mol. The predicted octanol–water partition coefficient (Wildman–Crippen LogP) is 15.4. The lowest BCUT2D eigenvalue weighted by atomic mass is 9.67. The maximum atomic E-state index is 9.60. The smallest absolute Gasteiger partial charge is 0.0991 e. The van der Waals surface area contributed by atoms with E-state index in [-0.39, 0.29) is 0 Å². The Hall–Kier alpha value is -8.71. The normalized spacial score (nSPS) is 12.7. The number of benzene rings is 10. The van der Waals surface area contributed by atoms with Gasteiger partial charge in [0, 0.05) is 32.8 Å². The van der Waals surface area contributed by atoms with Crippen molar-refractivity contribution in [1.82, 2.24) is 9.13 Å². The summed E-state index contributed by atoms with van der Waals surface area (Å²) >= 11 is 0. The lowest BCUT2D eigenvalue weighted by molar-refractivity contribution is 0.762. The Bertz CT molecular complexity index is 3860. The largest absolute Gasteiger partial charge is 0.309 e. The first-order chi connectivity index (χ1) is 32.2. The number of para-hydroxylation sites is 2. The molecule has 0 N–H and O–H groups in total. The van der Waals surface area contributed by atoms with E-state index in [0.29, 0.717) is 5.56 Å². The Morgan fingerprint density at radius 2 is 0.862 bits per heavy atom. The van der Waals surface area contributed by atoms with Crippen molar-refractivity contribution in [3.05, 3.63) is 264 Å². The fraction of sp³-hybridized carbons (Fsp3) is 0.0161. The van der Waals surface area contributed by atoms with Crippen LogP contribution in [0.4, 0.5) is 0 Å². The van der Waals surface area contributed by atoms with E-state index in [1.165, 1.54) is 82.8 Å². The molecule has 12 aromatic rings. The summed E-state index contributed by atoms with van der Waals surface area (Å²) in [5.41, 5.74) is 19.1. The fourth-order valence-corrected chi connectivity index (χ4v) is 11.1. The van der Waals surface area contributed by atoms with E-state index in [2.05, 4.69) is 234 Å². The van der Waals surface area contributed by atoms with Crippen LogP contribution in [0.2, 0.25) is 0 Å². The van der Waals surface area contributed by atoms with Gasteiger partial charge in [-0.15, -0.1) is 0 Å². The molecule has 2 aromatic heterocycles. The maximum absolute atomic E-state index is 9.60. The van der Waals surface area contributed by atoms with Crippen LogP contribution < -0.4 is 0 Å². The van der Waals surface area contributed by atoms with Crippen molar-refractivity contribution in [1.29, 1.82) is 5.26 Å². The van der Waals surface area contributed by atoms with Gasteiger partial charge in [0.05, 0.1) is 44.8 Å². The van der Waals surface area contributed by atoms with E-state index >= 15 is 0 Å². The summed E-state index contributed by atoms with van der Waals surface area (Å²) < 4.78 is 4.88. The van der Waals surface area contributed by atoms with Gasteiger partial charge in [-0.25, -0.2) is 0 Å². The SMILES string of the molecule is N#Cc1cccc(-c2cccc(-n3c4ccccc4c4cc(-c5ccc6c(c5)c5ccccc5n6-c5cccc6c5C(c5ccccc5)(c5ccccc5)c5ccccc5-6)ccc43)c2)c1. The Balaban J connectivity index is 1.00. The molecule has 13 rings (SSSR count). The molecular formula is C62H39N3. The van der Waals surface area contributed by atoms with Gasteiger partial charge in [-0.1, -0.05) is 170 Å². The van der Waals surface area contributed by atoms with Crippen molar-refractivity contribution >= 4 is 43.6 Å². The molecule has 0 amide bonds. The molecular weight excluding hydrogens is 787 g/mol. The van der Waals surface area contributed by atoms with Crippen LogP contribution in [0.15, 0.2) is 237 Å². The van der Waals surface area contributed by atoms with Crippen LogP contribution in [-0.4, -0.2) is 9.13 Å². The molecule has 65 heavy (non-hydrogen) atoms. The molecule has 10 aromatic carbocycles. The summed E-state index contributed by atoms with van der Waals surface area (Å²) in [7, 11) is 0. The second kappa shape index (κ2) is 14.4. The van der Waals surface area contributed by atoms with Crippen LogP contribution in [0.1, 0.15) is 27.8 Å². The summed E-state index contributed by atoms with van der Waals surface area (Å²) in [5.74, 6) is 0. The molecule has 0 radical (unpaired) electrons. The van der Waals surface area contributed by atoms with Crippen LogP contribution in [-0.2, 0) is 5.41 Å². The first-order valence-corrected chi connectivity index (χ1v) is 22.2. The molecule has 0 spiro atoms. The van der Waals surface area contributed by atoms with Crippen molar-refractivity contribution in [3.8, 4) is 50.8 Å². The number of hydrogen-bond donors (Lipinski definition) is 0. The van der Waals surface area contributed by atoms with Gasteiger partial charge in [-0.3, -0.25) is 0 Å². The quantitative estimate of drug-likeness (QED) is 0.164.